The van der Waals surface area contributed by atoms with E-state index in [1.54, 1.807) is 0 Å². The van der Waals surface area contributed by atoms with E-state index in [0.717, 1.165) is 45.0 Å². The van der Waals surface area contributed by atoms with Crippen molar-refractivity contribution in [2.45, 2.75) is 45.6 Å². The minimum atomic E-state index is -0.166. The van der Waals surface area contributed by atoms with Crippen LogP contribution in [-0.2, 0) is 18.5 Å². The summed E-state index contributed by atoms with van der Waals surface area (Å²) in [5.41, 5.74) is 0.382. The Hall–Kier alpha value is -0.0800. The highest BCUT2D eigenvalue weighted by atomic mass is 33.2. The summed E-state index contributed by atoms with van der Waals surface area (Å²) in [4.78, 5) is 0. The lowest BCUT2D eigenvalue weighted by Gasteiger charge is -2.20. The molecule has 0 amide bonds. The van der Waals surface area contributed by atoms with Gasteiger partial charge in [-0.2, -0.15) is 5.26 Å². The fourth-order valence-electron chi connectivity index (χ4n) is 1.54. The first-order valence-electron chi connectivity index (χ1n) is 6.62. The van der Waals surface area contributed by atoms with Gasteiger partial charge in [0, 0.05) is 18.1 Å². The summed E-state index contributed by atoms with van der Waals surface area (Å²) in [5.74, 6) is 2.22. The molecule has 0 N–H and O–H groups in total. The maximum absolute atomic E-state index is 9.10. The number of nitriles is 1. The fourth-order valence-corrected chi connectivity index (χ4v) is 6.06. The summed E-state index contributed by atoms with van der Waals surface area (Å²) < 4.78 is 10.9. The summed E-state index contributed by atoms with van der Waals surface area (Å²) in [6.45, 7) is 5.05. The van der Waals surface area contributed by atoms with Gasteiger partial charge in [0.25, 0.3) is 0 Å². The third kappa shape index (κ3) is 6.76. The van der Waals surface area contributed by atoms with E-state index in [1.807, 2.05) is 10.8 Å². The standard InChI is InChI=1S/C12H21N2O2PS2/c1-3-9-18-19(4-2)17-16-14-11(10-13)12-7-5-6-8-15-12/h12H,3-9H2,1-2H3. The lowest BCUT2D eigenvalue weighted by Crippen LogP contribution is -2.27. The summed E-state index contributed by atoms with van der Waals surface area (Å²) in [7, 11) is 2.93. The molecule has 0 bridgehead atoms. The zero-order valence-electron chi connectivity index (χ0n) is 11.5. The van der Waals surface area contributed by atoms with Gasteiger partial charge in [0.15, 0.2) is 5.71 Å². The molecule has 0 aromatic carbocycles. The Kier molecular flexibility index (Phi) is 9.54. The first-order chi connectivity index (χ1) is 9.31. The van der Waals surface area contributed by atoms with Crippen molar-refractivity contribution in [3.63, 3.8) is 0 Å². The third-order valence-electron chi connectivity index (χ3n) is 2.53. The number of hydrogen-bond acceptors (Lipinski definition) is 5. The maximum Gasteiger partial charge on any atom is 0.202 e. The van der Waals surface area contributed by atoms with Crippen LogP contribution in [0.3, 0.4) is 0 Å². The molecule has 19 heavy (non-hydrogen) atoms. The van der Waals surface area contributed by atoms with Crippen molar-refractivity contribution < 1.29 is 9.36 Å². The Labute approximate surface area is 123 Å². The number of rotatable bonds is 7. The molecule has 1 saturated heterocycles. The van der Waals surface area contributed by atoms with Crippen molar-refractivity contribution in [2.75, 3.05) is 18.1 Å². The average molecular weight is 320 g/mol. The Morgan fingerprint density at radius 1 is 1.58 bits per heavy atom. The highest BCUT2D eigenvalue weighted by molar-refractivity contribution is 8.79. The van der Waals surface area contributed by atoms with E-state index < -0.39 is 0 Å². The first kappa shape index (κ1) is 17.0. The van der Waals surface area contributed by atoms with Crippen LogP contribution in [0.1, 0.15) is 39.5 Å². The van der Waals surface area contributed by atoms with Crippen LogP contribution in [0.25, 0.3) is 0 Å². The molecular formula is C12H21N2O2PS2. The van der Waals surface area contributed by atoms with Crippen LogP contribution in [0.2, 0.25) is 0 Å². The second-order valence-corrected chi connectivity index (χ2v) is 10.6. The molecule has 1 heterocycles. The lowest BCUT2D eigenvalue weighted by molar-refractivity contribution is 0.0581. The van der Waals surface area contributed by atoms with E-state index in [4.69, 9.17) is 14.6 Å². The van der Waals surface area contributed by atoms with Crippen LogP contribution in [0.15, 0.2) is 5.16 Å². The zero-order valence-corrected chi connectivity index (χ0v) is 14.0. The summed E-state index contributed by atoms with van der Waals surface area (Å²) >= 11 is 0. The van der Waals surface area contributed by atoms with Gasteiger partial charge in [-0.3, -0.25) is 0 Å². The fraction of sp³-hybridized carbons (Fsp3) is 0.833. The minimum absolute atomic E-state index is 0.155. The molecule has 0 spiro atoms. The van der Waals surface area contributed by atoms with Gasteiger partial charge in [0.05, 0.1) is 0 Å². The number of nitrogens with zero attached hydrogens (tertiary/aromatic N) is 2. The quantitative estimate of drug-likeness (QED) is 0.309. The highest BCUT2D eigenvalue weighted by Gasteiger charge is 2.20. The van der Waals surface area contributed by atoms with Gasteiger partial charge in [-0.1, -0.05) is 38.9 Å². The second kappa shape index (κ2) is 10.7. The second-order valence-electron chi connectivity index (χ2n) is 4.03. The van der Waals surface area contributed by atoms with Crippen molar-refractivity contribution in [3.8, 4) is 6.07 Å². The van der Waals surface area contributed by atoms with Crippen molar-refractivity contribution in [1.82, 2.24) is 0 Å². The van der Waals surface area contributed by atoms with Gasteiger partial charge >= 0.3 is 0 Å². The van der Waals surface area contributed by atoms with Gasteiger partial charge in [-0.25, -0.2) is 0 Å². The summed E-state index contributed by atoms with van der Waals surface area (Å²) in [5, 5.41) is 13.1. The van der Waals surface area contributed by atoms with Gasteiger partial charge in [0.1, 0.15) is 12.2 Å². The first-order valence-corrected chi connectivity index (χ1v) is 10.9. The molecule has 7 heteroatoms. The van der Waals surface area contributed by atoms with Crippen molar-refractivity contribution in [1.29, 1.82) is 5.26 Å². The molecular weight excluding hydrogens is 299 g/mol. The summed E-state index contributed by atoms with van der Waals surface area (Å²) in [6, 6.07) is 2.10. The number of ether oxygens (including phenoxy) is 1. The molecule has 1 aliphatic rings. The predicted octanol–water partition coefficient (Wildman–Crippen LogP) is 3.92. The molecule has 1 fully saturated rings. The topological polar surface area (TPSA) is 54.6 Å². The van der Waals surface area contributed by atoms with Crippen LogP contribution >= 0.6 is 18.4 Å². The van der Waals surface area contributed by atoms with Crippen LogP contribution < -0.4 is 0 Å². The molecule has 0 aromatic heterocycles. The van der Waals surface area contributed by atoms with E-state index in [0.29, 0.717) is 5.71 Å². The van der Waals surface area contributed by atoms with Crippen LogP contribution in [0.5, 0.6) is 0 Å². The summed E-state index contributed by atoms with van der Waals surface area (Å²) in [6.07, 6.45) is 4.04. The molecule has 1 aliphatic heterocycles. The third-order valence-corrected chi connectivity index (χ3v) is 9.17. The maximum atomic E-state index is 9.10. The molecule has 4 nitrogen and oxygen atoms in total. The van der Waals surface area contributed by atoms with Gasteiger partial charge in [0.2, 0.25) is 7.58 Å². The van der Waals surface area contributed by atoms with Gasteiger partial charge in [-0.15, -0.1) is 0 Å². The lowest BCUT2D eigenvalue weighted by atomic mass is 10.1. The van der Waals surface area contributed by atoms with E-state index in [1.165, 1.54) is 6.42 Å². The Morgan fingerprint density at radius 3 is 3.00 bits per heavy atom. The molecule has 108 valence electrons. The smallest absolute Gasteiger partial charge is 0.202 e. The largest absolute Gasteiger partial charge is 0.371 e. The molecule has 0 aromatic rings. The Morgan fingerprint density at radius 2 is 2.42 bits per heavy atom. The van der Waals surface area contributed by atoms with E-state index in [-0.39, 0.29) is 15.2 Å². The normalized spacial score (nSPS) is 21.9. The molecule has 0 radical (unpaired) electrons. The monoisotopic (exact) mass is 320 g/mol. The number of oxime groups is 1. The SMILES string of the molecule is CCCSS(CC)=PON=C(C#N)C1CCCCO1. The van der Waals surface area contributed by atoms with Crippen molar-refractivity contribution >= 4 is 33.2 Å². The van der Waals surface area contributed by atoms with Crippen LogP contribution in [0, 0.1) is 11.3 Å². The molecule has 2 atom stereocenters. The molecule has 1 rings (SSSR count). The predicted molar refractivity (Wildman–Crippen MR) is 85.3 cm³/mol. The van der Waals surface area contributed by atoms with Gasteiger partial charge < -0.3 is 9.36 Å². The van der Waals surface area contributed by atoms with E-state index >= 15 is 0 Å². The molecule has 2 unspecified atom stereocenters. The van der Waals surface area contributed by atoms with Crippen LogP contribution in [0.4, 0.5) is 0 Å². The molecule has 0 saturated carbocycles. The highest BCUT2D eigenvalue weighted by Crippen LogP contribution is 2.22. The van der Waals surface area contributed by atoms with E-state index in [9.17, 15) is 0 Å². The van der Waals surface area contributed by atoms with Crippen molar-refractivity contribution in [3.05, 3.63) is 0 Å². The zero-order chi connectivity index (χ0) is 13.9. The molecule has 0 aliphatic carbocycles. The van der Waals surface area contributed by atoms with Gasteiger partial charge in [-0.05, 0) is 25.7 Å². The average Bonchev–Trinajstić information content (AvgIpc) is 2.47. The van der Waals surface area contributed by atoms with Crippen molar-refractivity contribution in [2.24, 2.45) is 5.16 Å². The Bertz CT molecular complexity index is 363. The van der Waals surface area contributed by atoms with E-state index in [2.05, 4.69) is 25.1 Å². The number of hydrogen-bond donors (Lipinski definition) is 0. The Balaban J connectivity index is 2.51. The minimum Gasteiger partial charge on any atom is -0.371 e. The van der Waals surface area contributed by atoms with Crippen LogP contribution in [-0.4, -0.2) is 29.9 Å².